The van der Waals surface area contributed by atoms with Gasteiger partial charge in [0.15, 0.2) is 5.69 Å². The van der Waals surface area contributed by atoms with Crippen molar-refractivity contribution in [1.29, 1.82) is 0 Å². The molecule has 2 amide bonds. The van der Waals surface area contributed by atoms with E-state index in [0.717, 1.165) is 21.8 Å². The van der Waals surface area contributed by atoms with Crippen molar-refractivity contribution in [2.75, 3.05) is 5.32 Å². The Morgan fingerprint density at radius 3 is 2.80 bits per heavy atom. The van der Waals surface area contributed by atoms with Gasteiger partial charge in [0.05, 0.1) is 5.52 Å². The van der Waals surface area contributed by atoms with Crippen LogP contribution in [-0.2, 0) is 9.59 Å². The van der Waals surface area contributed by atoms with E-state index in [4.69, 9.17) is 0 Å². The number of carbonyl (C=O) groups excluding carboxylic acids is 2. The minimum Gasteiger partial charge on any atom is -0.493 e. The Hall–Kier alpha value is -2.98. The summed E-state index contributed by atoms with van der Waals surface area (Å²) in [5.74, 6) is -0.841. The molecule has 0 saturated heterocycles. The number of carbonyl (C=O) groups is 2. The van der Waals surface area contributed by atoms with E-state index in [1.54, 1.807) is 24.3 Å². The van der Waals surface area contributed by atoms with Gasteiger partial charge >= 0.3 is 0 Å². The van der Waals surface area contributed by atoms with Gasteiger partial charge in [0.25, 0.3) is 5.91 Å². The fourth-order valence-electron chi connectivity index (χ4n) is 2.89. The molecule has 0 aliphatic carbocycles. The minimum atomic E-state index is -0.657. The number of aromatic amines is 1. The number of hydrogen-bond acceptors (Lipinski definition) is 6. The van der Waals surface area contributed by atoms with E-state index in [0.29, 0.717) is 16.6 Å². The van der Waals surface area contributed by atoms with Crippen molar-refractivity contribution in [2.45, 2.75) is 18.6 Å². The molecule has 30 heavy (non-hydrogen) atoms. The maximum Gasteiger partial charge on any atom is 0.262 e. The molecule has 1 aliphatic heterocycles. The third-order valence-electron chi connectivity index (χ3n) is 4.38. The van der Waals surface area contributed by atoms with E-state index in [9.17, 15) is 14.7 Å². The van der Waals surface area contributed by atoms with Gasteiger partial charge in [0.2, 0.25) is 17.0 Å². The lowest BCUT2D eigenvalue weighted by Crippen LogP contribution is -2.21. The number of amides is 2. The number of aliphatic imine (C=N–C) groups is 1. The smallest absolute Gasteiger partial charge is 0.262 e. The molecular weight excluding hydrogens is 470 g/mol. The number of rotatable bonds is 4. The maximum absolute atomic E-state index is 12.2. The molecular formula is C20H16BrN5O3S. The van der Waals surface area contributed by atoms with Gasteiger partial charge in [-0.15, -0.1) is 10.2 Å². The van der Waals surface area contributed by atoms with Crippen LogP contribution in [0, 0.1) is 6.92 Å². The number of aryl methyl sites for hydroxylation is 1. The van der Waals surface area contributed by atoms with Crippen LogP contribution in [0.2, 0.25) is 0 Å². The first-order valence-electron chi connectivity index (χ1n) is 8.96. The summed E-state index contributed by atoms with van der Waals surface area (Å²) in [7, 11) is 0. The number of H-pyrrole nitrogens is 1. The summed E-state index contributed by atoms with van der Waals surface area (Å²) < 4.78 is 0.827. The Labute approximate surface area is 184 Å². The lowest BCUT2D eigenvalue weighted by atomic mass is 10.2. The topological polar surface area (TPSA) is 119 Å². The highest BCUT2D eigenvalue weighted by molar-refractivity contribution is 9.10. The van der Waals surface area contributed by atoms with Crippen LogP contribution in [0.25, 0.3) is 10.9 Å². The van der Waals surface area contributed by atoms with Crippen LogP contribution in [0.3, 0.4) is 0 Å². The second-order valence-corrected chi connectivity index (χ2v) is 8.76. The third-order valence-corrected chi connectivity index (χ3v) is 5.91. The zero-order valence-electron chi connectivity index (χ0n) is 15.7. The summed E-state index contributed by atoms with van der Waals surface area (Å²) in [5, 5.41) is 21.1. The van der Waals surface area contributed by atoms with E-state index in [2.05, 4.69) is 41.5 Å². The van der Waals surface area contributed by atoms with Crippen LogP contribution in [0.5, 0.6) is 5.88 Å². The highest BCUT2D eigenvalue weighted by atomic mass is 79.9. The molecule has 1 aliphatic rings. The van der Waals surface area contributed by atoms with Gasteiger partial charge in [0, 0.05) is 22.0 Å². The number of fused-ring (bicyclic) bond motifs is 1. The van der Waals surface area contributed by atoms with E-state index < -0.39 is 11.2 Å². The number of benzene rings is 2. The van der Waals surface area contributed by atoms with Crippen LogP contribution in [0.1, 0.15) is 12.0 Å². The number of aromatic nitrogens is 1. The molecule has 8 nitrogen and oxygen atoms in total. The molecule has 4 rings (SSSR count). The average Bonchev–Trinajstić information content (AvgIpc) is 3.20. The first kappa shape index (κ1) is 20.3. The van der Waals surface area contributed by atoms with Crippen LogP contribution < -0.4 is 5.32 Å². The summed E-state index contributed by atoms with van der Waals surface area (Å²) in [5.41, 5.74) is 2.71. The number of nitrogens with one attached hydrogen (secondary N) is 2. The highest BCUT2D eigenvalue weighted by Gasteiger charge is 2.31. The Bertz CT molecular complexity index is 1200. The Balaban J connectivity index is 1.42. The van der Waals surface area contributed by atoms with Crippen molar-refractivity contribution in [3.8, 4) is 5.88 Å². The Morgan fingerprint density at radius 1 is 1.27 bits per heavy atom. The molecule has 1 aromatic heterocycles. The summed E-state index contributed by atoms with van der Waals surface area (Å²) >= 11 is 4.46. The first-order valence-corrected chi connectivity index (χ1v) is 10.6. The van der Waals surface area contributed by atoms with Crippen molar-refractivity contribution in [3.63, 3.8) is 0 Å². The fraction of sp³-hybridized carbons (Fsp3) is 0.150. The van der Waals surface area contributed by atoms with Crippen molar-refractivity contribution >= 4 is 67.0 Å². The van der Waals surface area contributed by atoms with Gasteiger partial charge in [-0.1, -0.05) is 45.4 Å². The molecule has 0 spiro atoms. The summed E-state index contributed by atoms with van der Waals surface area (Å²) in [6.45, 7) is 1.96. The summed E-state index contributed by atoms with van der Waals surface area (Å²) in [6.07, 6.45) is -0.0226. The number of nitrogens with zero attached hydrogens (tertiary/aromatic N) is 3. The van der Waals surface area contributed by atoms with E-state index in [1.165, 1.54) is 0 Å². The molecule has 0 fully saturated rings. The second kappa shape index (κ2) is 8.41. The third kappa shape index (κ3) is 4.44. The lowest BCUT2D eigenvalue weighted by molar-refractivity contribution is -0.121. The zero-order chi connectivity index (χ0) is 21.3. The monoisotopic (exact) mass is 485 g/mol. The molecule has 152 valence electrons. The van der Waals surface area contributed by atoms with Crippen molar-refractivity contribution in [1.82, 2.24) is 4.98 Å². The predicted octanol–water partition coefficient (Wildman–Crippen LogP) is 5.05. The number of halogens is 1. The largest absolute Gasteiger partial charge is 0.493 e. The van der Waals surface area contributed by atoms with E-state index in [1.807, 2.05) is 25.1 Å². The van der Waals surface area contributed by atoms with E-state index >= 15 is 0 Å². The number of anilines is 1. The molecule has 3 aromatic rings. The molecule has 10 heteroatoms. The first-order chi connectivity index (χ1) is 14.4. The van der Waals surface area contributed by atoms with Gasteiger partial charge < -0.3 is 15.4 Å². The Kier molecular flexibility index (Phi) is 5.69. The standard InChI is InChI=1S/C20H16BrN5O3S/c1-10-2-5-12(6-3-10)22-16(27)9-15-18(28)24-20(30-15)26-25-17-13-8-11(21)4-7-14(13)23-19(17)29/h2-8,15,23,29H,9H2,1H3,(H,22,27). The molecule has 0 radical (unpaired) electrons. The molecule has 0 bridgehead atoms. The normalized spacial score (nSPS) is 16.4. The van der Waals surface area contributed by atoms with Gasteiger partial charge in [-0.3, -0.25) is 9.59 Å². The second-order valence-electron chi connectivity index (χ2n) is 6.67. The SMILES string of the molecule is Cc1ccc(NC(=O)CC2SC(N=Nc3c(O)[nH]c4ccc(Br)cc34)=NC2=O)cc1. The quantitative estimate of drug-likeness (QED) is 0.447. The number of azo groups is 1. The molecule has 0 saturated carbocycles. The van der Waals surface area contributed by atoms with Crippen LogP contribution in [0.15, 0.2) is 62.2 Å². The summed E-state index contributed by atoms with van der Waals surface area (Å²) in [6, 6.07) is 12.8. The van der Waals surface area contributed by atoms with Crippen molar-refractivity contribution in [3.05, 3.63) is 52.5 Å². The fourth-order valence-corrected chi connectivity index (χ4v) is 4.13. The number of hydrogen-bond donors (Lipinski definition) is 3. The molecule has 2 aromatic carbocycles. The van der Waals surface area contributed by atoms with Gasteiger partial charge in [-0.05, 0) is 37.3 Å². The van der Waals surface area contributed by atoms with Crippen LogP contribution in [0.4, 0.5) is 11.4 Å². The number of thioether (sulfide) groups is 1. The van der Waals surface area contributed by atoms with Gasteiger partial charge in [0.1, 0.15) is 5.25 Å². The lowest BCUT2D eigenvalue weighted by Gasteiger charge is -2.08. The Morgan fingerprint density at radius 2 is 2.03 bits per heavy atom. The van der Waals surface area contributed by atoms with Gasteiger partial charge in [-0.2, -0.15) is 4.99 Å². The predicted molar refractivity (Wildman–Crippen MR) is 120 cm³/mol. The minimum absolute atomic E-state index is 0.0226. The van der Waals surface area contributed by atoms with Crippen molar-refractivity contribution in [2.24, 2.45) is 15.2 Å². The number of aromatic hydroxyl groups is 1. The van der Waals surface area contributed by atoms with E-state index in [-0.39, 0.29) is 29.1 Å². The van der Waals surface area contributed by atoms with Crippen LogP contribution >= 0.6 is 27.7 Å². The molecule has 1 atom stereocenters. The van der Waals surface area contributed by atoms with Crippen molar-refractivity contribution < 1.29 is 14.7 Å². The van der Waals surface area contributed by atoms with Crippen LogP contribution in [-0.4, -0.2) is 32.3 Å². The number of amidine groups is 1. The molecule has 2 heterocycles. The average molecular weight is 486 g/mol. The maximum atomic E-state index is 12.2. The molecule has 3 N–H and O–H groups in total. The summed E-state index contributed by atoms with van der Waals surface area (Å²) in [4.78, 5) is 31.1. The van der Waals surface area contributed by atoms with Gasteiger partial charge in [-0.25, -0.2) is 0 Å². The zero-order valence-corrected chi connectivity index (χ0v) is 18.1. The molecule has 1 unspecified atom stereocenters. The highest BCUT2D eigenvalue weighted by Crippen LogP contribution is 2.37.